The van der Waals surface area contributed by atoms with Crippen LogP contribution in [0.25, 0.3) is 0 Å². The van der Waals surface area contributed by atoms with Crippen LogP contribution in [0, 0.1) is 0 Å². The van der Waals surface area contributed by atoms with Crippen molar-refractivity contribution in [2.75, 3.05) is 0 Å². The van der Waals surface area contributed by atoms with Crippen LogP contribution in [0.15, 0.2) is 78.2 Å². The van der Waals surface area contributed by atoms with Crippen molar-refractivity contribution in [3.63, 3.8) is 0 Å². The Morgan fingerprint density at radius 2 is 1.32 bits per heavy atom. The van der Waals surface area contributed by atoms with Gasteiger partial charge in [-0.25, -0.2) is 4.79 Å². The third-order valence-electron chi connectivity index (χ3n) is 3.99. The van der Waals surface area contributed by atoms with Gasteiger partial charge in [0.2, 0.25) is 0 Å². The summed E-state index contributed by atoms with van der Waals surface area (Å²) in [6.07, 6.45) is 3.02. The number of nitrogens with zero attached hydrogens (tertiary/aromatic N) is 2. The van der Waals surface area contributed by atoms with E-state index in [9.17, 15) is 9.59 Å². The molecule has 25 heavy (non-hydrogen) atoms. The fourth-order valence-corrected chi connectivity index (χ4v) is 2.79. The van der Waals surface area contributed by atoms with Crippen LogP contribution < -0.4 is 0 Å². The van der Waals surface area contributed by atoms with E-state index >= 15 is 0 Å². The Kier molecular flexibility index (Phi) is 3.67. The van der Waals surface area contributed by atoms with E-state index in [1.54, 1.807) is 48.5 Å². The summed E-state index contributed by atoms with van der Waals surface area (Å²) in [6.45, 7) is 0. The fourth-order valence-electron chi connectivity index (χ4n) is 2.79. The van der Waals surface area contributed by atoms with Crippen molar-refractivity contribution < 1.29 is 14.4 Å². The van der Waals surface area contributed by atoms with Gasteiger partial charge >= 0.3 is 5.97 Å². The summed E-state index contributed by atoms with van der Waals surface area (Å²) in [5, 5.41) is 4.07. The molecule has 0 saturated carbocycles. The second-order valence-corrected chi connectivity index (χ2v) is 5.47. The van der Waals surface area contributed by atoms with Gasteiger partial charge in [0.1, 0.15) is 5.71 Å². The first-order valence-corrected chi connectivity index (χ1v) is 7.68. The Morgan fingerprint density at radius 3 is 1.88 bits per heavy atom. The first-order valence-electron chi connectivity index (χ1n) is 7.68. The van der Waals surface area contributed by atoms with Crippen molar-refractivity contribution >= 4 is 17.5 Å². The van der Waals surface area contributed by atoms with Crippen molar-refractivity contribution in [2.45, 2.75) is 0 Å². The monoisotopic (exact) mass is 328 g/mol. The summed E-state index contributed by atoms with van der Waals surface area (Å²) in [5.74, 6) is -0.646. The van der Waals surface area contributed by atoms with Gasteiger partial charge in [-0.3, -0.25) is 9.78 Å². The zero-order valence-electron chi connectivity index (χ0n) is 13.0. The lowest BCUT2D eigenvalue weighted by Gasteiger charge is -2.19. The topological polar surface area (TPSA) is 68.6 Å². The van der Waals surface area contributed by atoms with Gasteiger partial charge in [0.05, 0.1) is 5.56 Å². The standard InChI is InChI=1S/C20H12N2O3/c23-19-16-7-3-1-5-14(16)18(15-6-2-4-8-17(15)19)22-25-20(24)13-9-11-21-12-10-13/h1-12H. The van der Waals surface area contributed by atoms with Crippen molar-refractivity contribution in [1.82, 2.24) is 4.98 Å². The summed E-state index contributed by atoms with van der Waals surface area (Å²) >= 11 is 0. The van der Waals surface area contributed by atoms with Gasteiger partial charge in [-0.2, -0.15) is 0 Å². The molecule has 0 spiro atoms. The Labute approximate surface area is 143 Å². The highest BCUT2D eigenvalue weighted by Gasteiger charge is 2.28. The lowest BCUT2D eigenvalue weighted by molar-refractivity contribution is 0.0517. The molecule has 0 unspecified atom stereocenters. The molecular formula is C20H12N2O3. The first kappa shape index (κ1) is 15.0. The molecule has 120 valence electrons. The minimum absolute atomic E-state index is 0.0642. The number of fused-ring (bicyclic) bond motifs is 2. The molecule has 0 saturated heterocycles. The molecule has 5 heteroatoms. The van der Waals surface area contributed by atoms with E-state index in [4.69, 9.17) is 4.84 Å². The van der Waals surface area contributed by atoms with Crippen molar-refractivity contribution in [3.8, 4) is 0 Å². The molecule has 0 amide bonds. The number of hydrogen-bond acceptors (Lipinski definition) is 5. The van der Waals surface area contributed by atoms with Gasteiger partial charge in [0.15, 0.2) is 5.78 Å². The number of rotatable bonds is 2. The van der Waals surface area contributed by atoms with E-state index in [2.05, 4.69) is 10.1 Å². The molecule has 2 aromatic carbocycles. The zero-order valence-corrected chi connectivity index (χ0v) is 13.0. The predicted octanol–water partition coefficient (Wildman–Crippen LogP) is 3.24. The van der Waals surface area contributed by atoms with E-state index in [1.807, 2.05) is 12.1 Å². The third-order valence-corrected chi connectivity index (χ3v) is 3.99. The summed E-state index contributed by atoms with van der Waals surface area (Å²) in [5.41, 5.74) is 3.20. The van der Waals surface area contributed by atoms with Gasteiger partial charge in [0.25, 0.3) is 0 Å². The van der Waals surface area contributed by atoms with Crippen molar-refractivity contribution in [2.24, 2.45) is 5.16 Å². The second-order valence-electron chi connectivity index (χ2n) is 5.47. The van der Waals surface area contributed by atoms with Gasteiger partial charge in [-0.15, -0.1) is 0 Å². The Balaban J connectivity index is 1.78. The summed E-state index contributed by atoms with van der Waals surface area (Å²) in [4.78, 5) is 33.8. The maximum absolute atomic E-state index is 12.6. The molecule has 0 aliphatic heterocycles. The molecule has 0 N–H and O–H groups in total. The quantitative estimate of drug-likeness (QED) is 0.418. The predicted molar refractivity (Wildman–Crippen MR) is 91.6 cm³/mol. The largest absolute Gasteiger partial charge is 0.365 e. The van der Waals surface area contributed by atoms with E-state index in [-0.39, 0.29) is 5.78 Å². The molecule has 1 aromatic heterocycles. The molecule has 0 radical (unpaired) electrons. The molecule has 4 rings (SSSR count). The first-order chi connectivity index (χ1) is 12.3. The summed E-state index contributed by atoms with van der Waals surface area (Å²) < 4.78 is 0. The zero-order chi connectivity index (χ0) is 17.2. The molecule has 0 fully saturated rings. The highest BCUT2D eigenvalue weighted by atomic mass is 16.7. The van der Waals surface area contributed by atoms with Gasteiger partial charge in [-0.05, 0) is 12.1 Å². The Morgan fingerprint density at radius 1 is 0.800 bits per heavy atom. The summed E-state index contributed by atoms with van der Waals surface area (Å²) in [6, 6.07) is 17.4. The highest BCUT2D eigenvalue weighted by molar-refractivity contribution is 6.30. The molecule has 3 aromatic rings. The fraction of sp³-hybridized carbons (Fsp3) is 0. The number of carbonyl (C=O) groups is 2. The maximum atomic E-state index is 12.6. The smallest absolute Gasteiger partial charge is 0.312 e. The van der Waals surface area contributed by atoms with Crippen LogP contribution in [0.1, 0.15) is 37.4 Å². The van der Waals surface area contributed by atoms with Crippen LogP contribution in [0.5, 0.6) is 0 Å². The van der Waals surface area contributed by atoms with E-state index < -0.39 is 5.97 Å². The van der Waals surface area contributed by atoms with Crippen LogP contribution in [-0.4, -0.2) is 22.4 Å². The number of carbonyl (C=O) groups excluding carboxylic acids is 2. The minimum atomic E-state index is -0.582. The van der Waals surface area contributed by atoms with Crippen LogP contribution in [0.3, 0.4) is 0 Å². The molecule has 0 atom stereocenters. The molecule has 0 bridgehead atoms. The average molecular weight is 328 g/mol. The molecule has 1 aliphatic carbocycles. The number of pyridine rings is 1. The van der Waals surface area contributed by atoms with Crippen molar-refractivity contribution in [1.29, 1.82) is 0 Å². The number of hydrogen-bond donors (Lipinski definition) is 0. The second kappa shape index (κ2) is 6.13. The SMILES string of the molecule is O=C(ON=C1c2ccccc2C(=O)c2ccccc21)c1ccncc1. The van der Waals surface area contributed by atoms with E-state index in [0.29, 0.717) is 33.5 Å². The number of benzene rings is 2. The van der Waals surface area contributed by atoms with Gasteiger partial charge in [0, 0.05) is 34.6 Å². The number of ketones is 1. The molecule has 1 heterocycles. The number of oxime groups is 1. The normalized spacial score (nSPS) is 12.2. The van der Waals surface area contributed by atoms with E-state index in [0.717, 1.165) is 0 Å². The maximum Gasteiger partial charge on any atom is 0.365 e. The molecule has 1 aliphatic rings. The van der Waals surface area contributed by atoms with E-state index in [1.165, 1.54) is 12.4 Å². The average Bonchev–Trinajstić information content (AvgIpc) is 2.68. The van der Waals surface area contributed by atoms with Crippen LogP contribution in [0.4, 0.5) is 0 Å². The summed E-state index contributed by atoms with van der Waals surface area (Å²) in [7, 11) is 0. The van der Waals surface area contributed by atoms with Crippen LogP contribution >= 0.6 is 0 Å². The molecule has 5 nitrogen and oxygen atoms in total. The number of aromatic nitrogens is 1. The highest BCUT2D eigenvalue weighted by Crippen LogP contribution is 2.27. The Hall–Kier alpha value is -3.60. The molecular weight excluding hydrogens is 316 g/mol. The van der Waals surface area contributed by atoms with Crippen molar-refractivity contribution in [3.05, 3.63) is 101 Å². The van der Waals surface area contributed by atoms with Crippen LogP contribution in [0.2, 0.25) is 0 Å². The lowest BCUT2D eigenvalue weighted by Crippen LogP contribution is -2.22. The third kappa shape index (κ3) is 2.61. The van der Waals surface area contributed by atoms with Crippen LogP contribution in [-0.2, 0) is 4.84 Å². The van der Waals surface area contributed by atoms with Gasteiger partial charge < -0.3 is 4.84 Å². The Bertz CT molecular complexity index is 959. The lowest BCUT2D eigenvalue weighted by atomic mass is 9.84. The minimum Gasteiger partial charge on any atom is -0.312 e. The van der Waals surface area contributed by atoms with Gasteiger partial charge in [-0.1, -0.05) is 53.7 Å².